The van der Waals surface area contributed by atoms with Crippen LogP contribution in [0.4, 0.5) is 4.39 Å². The monoisotopic (exact) mass is 366 g/mol. The van der Waals surface area contributed by atoms with Gasteiger partial charge in [-0.05, 0) is 73.0 Å². The number of fused-ring (bicyclic) bond motifs is 1. The molecule has 3 nitrogen and oxygen atoms in total. The van der Waals surface area contributed by atoms with Crippen LogP contribution < -0.4 is 0 Å². The van der Waals surface area contributed by atoms with Gasteiger partial charge in [0.05, 0.1) is 6.10 Å². The Hall–Kier alpha value is -0.940. The van der Waals surface area contributed by atoms with Crippen LogP contribution >= 0.6 is 12.6 Å². The fraction of sp³-hybridized carbons (Fsp3) is 0.700. The molecule has 2 saturated carbocycles. The predicted molar refractivity (Wildman–Crippen MR) is 98.0 cm³/mol. The molecule has 0 heterocycles. The third-order valence-electron chi connectivity index (χ3n) is 6.78. The minimum absolute atomic E-state index is 0.0236. The third-order valence-corrected chi connectivity index (χ3v) is 7.09. The second-order valence-corrected chi connectivity index (χ2v) is 8.77. The maximum absolute atomic E-state index is 15.0. The molecular weight excluding hydrogens is 339 g/mol. The molecule has 0 spiro atoms. The summed E-state index contributed by atoms with van der Waals surface area (Å²) in [5.74, 6) is -0.154. The Morgan fingerprint density at radius 2 is 2.20 bits per heavy atom. The molecule has 2 fully saturated rings. The fourth-order valence-electron chi connectivity index (χ4n) is 5.57. The molecule has 4 unspecified atom stereocenters. The van der Waals surface area contributed by atoms with Crippen LogP contribution in [0.1, 0.15) is 46.0 Å². The Kier molecular flexibility index (Phi) is 5.27. The molecule has 0 bridgehead atoms. The summed E-state index contributed by atoms with van der Waals surface area (Å²) >= 11 is 4.05. The van der Waals surface area contributed by atoms with Crippen LogP contribution in [0, 0.1) is 29.1 Å². The topological polar surface area (TPSA) is 54.4 Å². The van der Waals surface area contributed by atoms with Crippen molar-refractivity contribution in [3.05, 3.63) is 23.8 Å². The average molecular weight is 366 g/mol. The van der Waals surface area contributed by atoms with Crippen LogP contribution in [0.5, 0.6) is 0 Å². The number of carbonyl (C=O) groups excluding carboxylic acids is 2. The van der Waals surface area contributed by atoms with Crippen molar-refractivity contribution in [3.63, 3.8) is 0 Å². The Balaban J connectivity index is 1.78. The molecule has 0 aromatic carbocycles. The van der Waals surface area contributed by atoms with E-state index in [0.29, 0.717) is 24.8 Å². The van der Waals surface area contributed by atoms with E-state index in [0.717, 1.165) is 12.8 Å². The minimum atomic E-state index is -1.19. The van der Waals surface area contributed by atoms with Gasteiger partial charge in [-0.2, -0.15) is 0 Å². The molecule has 3 rings (SSSR count). The van der Waals surface area contributed by atoms with Crippen LogP contribution in [0.3, 0.4) is 0 Å². The summed E-state index contributed by atoms with van der Waals surface area (Å²) in [6.45, 7) is 3.95. The number of alkyl halides is 1. The normalized spacial score (nSPS) is 42.0. The van der Waals surface area contributed by atoms with Crippen molar-refractivity contribution >= 4 is 23.5 Å². The second-order valence-electron chi connectivity index (χ2n) is 8.33. The van der Waals surface area contributed by atoms with Gasteiger partial charge < -0.3 is 5.11 Å². The quantitative estimate of drug-likeness (QED) is 0.747. The van der Waals surface area contributed by atoms with Crippen LogP contribution in [0.15, 0.2) is 23.8 Å². The first-order valence-electron chi connectivity index (χ1n) is 9.21. The van der Waals surface area contributed by atoms with E-state index in [9.17, 15) is 14.7 Å². The maximum Gasteiger partial charge on any atom is 0.189 e. The highest BCUT2D eigenvalue weighted by Crippen LogP contribution is 2.59. The molecule has 138 valence electrons. The molecule has 5 heteroatoms. The molecule has 3 aliphatic rings. The molecule has 1 N–H and O–H groups in total. The summed E-state index contributed by atoms with van der Waals surface area (Å²) in [5.41, 5.74) is 0.234. The zero-order valence-corrected chi connectivity index (χ0v) is 15.7. The number of rotatable bonds is 4. The number of allylic oxidation sites excluding steroid dienone is 4. The maximum atomic E-state index is 15.0. The van der Waals surface area contributed by atoms with Gasteiger partial charge in [0.2, 0.25) is 0 Å². The van der Waals surface area contributed by atoms with Crippen LogP contribution in [0.2, 0.25) is 0 Å². The number of carbonyl (C=O) groups is 2. The molecule has 0 radical (unpaired) electrons. The molecule has 0 aliphatic heterocycles. The lowest BCUT2D eigenvalue weighted by Gasteiger charge is -2.47. The first-order valence-corrected chi connectivity index (χ1v) is 9.65. The second kappa shape index (κ2) is 6.99. The lowest BCUT2D eigenvalue weighted by Crippen LogP contribution is -2.44. The number of aliphatic hydroxyl groups is 1. The Bertz CT molecular complexity index is 628. The molecule has 0 saturated heterocycles. The van der Waals surface area contributed by atoms with Gasteiger partial charge in [0, 0.05) is 5.92 Å². The highest BCUT2D eigenvalue weighted by molar-refractivity contribution is 7.96. The summed E-state index contributed by atoms with van der Waals surface area (Å²) in [6, 6.07) is 0. The highest BCUT2D eigenvalue weighted by Gasteiger charge is 2.55. The SMILES string of the molecule is CC1C=CC(=O)C=C1[C@@H](F)CC1C[C@@H](O)CC2(C)C1CC[C@@H]2C(=O)S. The van der Waals surface area contributed by atoms with E-state index >= 15 is 4.39 Å². The minimum Gasteiger partial charge on any atom is -0.393 e. The van der Waals surface area contributed by atoms with E-state index < -0.39 is 12.3 Å². The van der Waals surface area contributed by atoms with Gasteiger partial charge in [0.1, 0.15) is 6.17 Å². The Morgan fingerprint density at radius 1 is 1.48 bits per heavy atom. The van der Waals surface area contributed by atoms with Crippen LogP contribution in [0.25, 0.3) is 0 Å². The summed E-state index contributed by atoms with van der Waals surface area (Å²) in [7, 11) is 0. The lowest BCUT2D eigenvalue weighted by molar-refractivity contribution is -0.120. The van der Waals surface area contributed by atoms with E-state index in [1.54, 1.807) is 6.08 Å². The zero-order chi connectivity index (χ0) is 18.4. The number of halogens is 1. The molecule has 0 amide bonds. The average Bonchev–Trinajstić information content (AvgIpc) is 2.86. The van der Waals surface area contributed by atoms with E-state index in [-0.39, 0.29) is 40.0 Å². The lowest BCUT2D eigenvalue weighted by atomic mass is 9.59. The van der Waals surface area contributed by atoms with E-state index in [4.69, 9.17) is 0 Å². The summed E-state index contributed by atoms with van der Waals surface area (Å²) in [6.07, 6.45) is 6.07. The van der Waals surface area contributed by atoms with E-state index in [1.165, 1.54) is 12.2 Å². The van der Waals surface area contributed by atoms with Crippen molar-refractivity contribution in [1.29, 1.82) is 0 Å². The van der Waals surface area contributed by atoms with Crippen molar-refractivity contribution in [2.24, 2.45) is 29.1 Å². The van der Waals surface area contributed by atoms with Gasteiger partial charge in [-0.15, -0.1) is 12.6 Å². The predicted octanol–water partition coefficient (Wildman–Crippen LogP) is 3.68. The summed E-state index contributed by atoms with van der Waals surface area (Å²) < 4.78 is 15.0. The third kappa shape index (κ3) is 3.50. The molecule has 3 aliphatic carbocycles. The number of hydrogen-bond acceptors (Lipinski definition) is 3. The van der Waals surface area contributed by atoms with Crippen molar-refractivity contribution in [2.75, 3.05) is 0 Å². The van der Waals surface area contributed by atoms with Gasteiger partial charge in [-0.25, -0.2) is 4.39 Å². The van der Waals surface area contributed by atoms with Gasteiger partial charge in [-0.1, -0.05) is 19.9 Å². The number of thiol groups is 1. The Morgan fingerprint density at radius 3 is 2.88 bits per heavy atom. The summed E-state index contributed by atoms with van der Waals surface area (Å²) in [5, 5.41) is 10.3. The first-order chi connectivity index (χ1) is 11.7. The Labute approximate surface area is 154 Å². The molecule has 7 atom stereocenters. The van der Waals surface area contributed by atoms with Crippen LogP contribution in [-0.2, 0) is 9.59 Å². The van der Waals surface area contributed by atoms with Gasteiger partial charge in [0.25, 0.3) is 0 Å². The van der Waals surface area contributed by atoms with Gasteiger partial charge >= 0.3 is 0 Å². The number of aliphatic hydroxyl groups excluding tert-OH is 1. The van der Waals surface area contributed by atoms with Gasteiger partial charge in [-0.3, -0.25) is 9.59 Å². The van der Waals surface area contributed by atoms with Crippen molar-refractivity contribution in [2.45, 2.75) is 58.2 Å². The number of hydrogen-bond donors (Lipinski definition) is 2. The van der Waals surface area contributed by atoms with E-state index in [1.807, 2.05) is 6.92 Å². The highest BCUT2D eigenvalue weighted by atomic mass is 32.1. The van der Waals surface area contributed by atoms with Gasteiger partial charge in [0.15, 0.2) is 10.9 Å². The molecule has 0 aromatic heterocycles. The van der Waals surface area contributed by atoms with Crippen molar-refractivity contribution < 1.29 is 19.1 Å². The smallest absolute Gasteiger partial charge is 0.189 e. The first kappa shape index (κ1) is 18.8. The summed E-state index contributed by atoms with van der Waals surface area (Å²) in [4.78, 5) is 23.5. The fourth-order valence-corrected chi connectivity index (χ4v) is 6.00. The van der Waals surface area contributed by atoms with Crippen molar-refractivity contribution in [1.82, 2.24) is 0 Å². The molecular formula is C20H27FO3S. The van der Waals surface area contributed by atoms with Crippen LogP contribution in [-0.4, -0.2) is 28.3 Å². The molecule has 0 aromatic rings. The largest absolute Gasteiger partial charge is 0.393 e. The molecule has 25 heavy (non-hydrogen) atoms. The van der Waals surface area contributed by atoms with Crippen molar-refractivity contribution in [3.8, 4) is 0 Å². The van der Waals surface area contributed by atoms with E-state index in [2.05, 4.69) is 19.6 Å². The standard InChI is InChI=1S/C20H27FO3S/c1-11-3-4-13(22)9-15(11)18(21)8-12-7-14(23)10-20(2)16(12)5-6-17(20)19(24)25/h3-4,9,11-12,14,16-18,23H,5-8,10H2,1-2H3,(H,24,25)/t11?,12?,14-,16?,17-,18+,20?/m1/s1. The number of ketones is 1. The zero-order valence-electron chi connectivity index (χ0n) is 14.8.